The van der Waals surface area contributed by atoms with Crippen molar-refractivity contribution >= 4 is 62.0 Å². The summed E-state index contributed by atoms with van der Waals surface area (Å²) < 4.78 is 2.66. The van der Waals surface area contributed by atoms with Crippen molar-refractivity contribution in [3.05, 3.63) is 185 Å². The molecule has 0 atom stereocenters. The van der Waals surface area contributed by atoms with E-state index < -0.39 is 0 Å². The van der Waals surface area contributed by atoms with Gasteiger partial charge in [0, 0.05) is 49.9 Å². The van der Waals surface area contributed by atoms with Gasteiger partial charge in [0.25, 0.3) is 6.71 Å². The normalized spacial score (nSPS) is 14.0. The molecular weight excluding hydrogens is 759 g/mol. The molecule has 3 heterocycles. The van der Waals surface area contributed by atoms with Crippen molar-refractivity contribution < 1.29 is 0 Å². The lowest BCUT2D eigenvalue weighted by Gasteiger charge is -2.42. The highest BCUT2D eigenvalue weighted by atomic mass is 15.2. The predicted molar refractivity (Wildman–Crippen MR) is 273 cm³/mol. The van der Waals surface area contributed by atoms with Crippen molar-refractivity contribution in [2.75, 3.05) is 4.90 Å². The molecule has 63 heavy (non-hydrogen) atoms. The van der Waals surface area contributed by atoms with Crippen LogP contribution >= 0.6 is 0 Å². The topological polar surface area (TPSA) is 8.17 Å². The summed E-state index contributed by atoms with van der Waals surface area (Å²) >= 11 is 0. The average molecular weight is 823 g/mol. The molecule has 2 nitrogen and oxygen atoms in total. The number of fused-ring (bicyclic) bond motifs is 7. The van der Waals surface area contributed by atoms with Crippen molar-refractivity contribution in [2.45, 2.75) is 117 Å². The van der Waals surface area contributed by atoms with E-state index in [-0.39, 0.29) is 33.8 Å². The third-order valence-corrected chi connectivity index (χ3v) is 14.8. The maximum absolute atomic E-state index is 2.66. The predicted octanol–water partition coefficient (Wildman–Crippen LogP) is 13.9. The van der Waals surface area contributed by atoms with Gasteiger partial charge in [-0.3, -0.25) is 0 Å². The van der Waals surface area contributed by atoms with Crippen LogP contribution in [0.3, 0.4) is 0 Å². The van der Waals surface area contributed by atoms with Gasteiger partial charge in [-0.15, -0.1) is 0 Å². The fraction of sp³-hybridized carbons (Fsp3) is 0.300. The Morgan fingerprint density at radius 3 is 1.46 bits per heavy atom. The summed E-state index contributed by atoms with van der Waals surface area (Å²) in [6, 6.07) is 56.4. The maximum atomic E-state index is 2.66. The van der Waals surface area contributed by atoms with Crippen LogP contribution in [0.1, 0.15) is 129 Å². The van der Waals surface area contributed by atoms with E-state index in [1.54, 1.807) is 0 Å². The molecule has 8 aromatic rings. The molecule has 0 amide bonds. The van der Waals surface area contributed by atoms with E-state index in [1.807, 2.05) is 0 Å². The van der Waals surface area contributed by atoms with Crippen molar-refractivity contribution in [3.63, 3.8) is 0 Å². The Bertz CT molecular complexity index is 3090. The van der Waals surface area contributed by atoms with Gasteiger partial charge in [-0.25, -0.2) is 0 Å². The fourth-order valence-corrected chi connectivity index (χ4v) is 10.6. The molecule has 0 bridgehead atoms. The molecule has 0 radical (unpaired) electrons. The summed E-state index contributed by atoms with van der Waals surface area (Å²) in [7, 11) is 0. The fourth-order valence-electron chi connectivity index (χ4n) is 10.6. The first kappa shape index (κ1) is 41.2. The lowest BCUT2D eigenvalue weighted by Crippen LogP contribution is -2.61. The number of aromatic nitrogens is 1. The summed E-state index contributed by atoms with van der Waals surface area (Å²) in [5, 5.41) is 2.64. The van der Waals surface area contributed by atoms with E-state index in [0.29, 0.717) is 0 Å². The van der Waals surface area contributed by atoms with Gasteiger partial charge < -0.3 is 9.47 Å². The third kappa shape index (κ3) is 6.43. The van der Waals surface area contributed by atoms with Gasteiger partial charge >= 0.3 is 0 Å². The lowest BCUT2D eigenvalue weighted by molar-refractivity contribution is 0.589. The Morgan fingerprint density at radius 2 is 0.873 bits per heavy atom. The Kier molecular flexibility index (Phi) is 9.06. The van der Waals surface area contributed by atoms with Crippen LogP contribution in [0, 0.1) is 0 Å². The first-order chi connectivity index (χ1) is 29.7. The standard InChI is InChI=1S/C60H63BN2/c1-56(2,3)38-24-28-45(29-25-38)62-51-31-26-41(57(4,5)6)34-48(51)61-49-35-44(60(12,13)40-22-18-15-19-23-40)33-47-46-32-42(59(10,11)39-20-16-14-17-21-39)27-30-50(46)63(55(47)49)53-37-43(58(7,8)9)36-52(62)54(53)61/h14-37H,1-13H3. The number of hydrogen-bond acceptors (Lipinski definition) is 1. The van der Waals surface area contributed by atoms with Gasteiger partial charge in [0.05, 0.1) is 5.52 Å². The zero-order chi connectivity index (χ0) is 44.6. The van der Waals surface area contributed by atoms with Crippen molar-refractivity contribution in [1.29, 1.82) is 0 Å². The number of rotatable bonds is 5. The molecular formula is C60H63BN2. The van der Waals surface area contributed by atoms with Crippen LogP contribution in [0.4, 0.5) is 17.1 Å². The van der Waals surface area contributed by atoms with E-state index in [1.165, 1.54) is 99.9 Å². The SMILES string of the molecule is CC(C)(C)c1ccc(N2c3ccc(C(C)(C)C)cc3B3c4c2cc(C(C)(C)C)cc4-n2c4ccc(C(C)(C)c5ccccc5)cc4c4cc(C(C)(C)c5ccccc5)cc3c42)cc1. The Labute approximate surface area is 377 Å². The van der Waals surface area contributed by atoms with E-state index in [9.17, 15) is 0 Å². The largest absolute Gasteiger partial charge is 0.311 e. The minimum atomic E-state index is -0.244. The summed E-state index contributed by atoms with van der Waals surface area (Å²) in [6.07, 6.45) is 0. The van der Waals surface area contributed by atoms with Gasteiger partial charge in [-0.1, -0.05) is 187 Å². The van der Waals surface area contributed by atoms with E-state index in [2.05, 4.69) is 245 Å². The molecule has 10 rings (SSSR count). The van der Waals surface area contributed by atoms with Crippen molar-refractivity contribution in [2.24, 2.45) is 0 Å². The number of hydrogen-bond donors (Lipinski definition) is 0. The number of benzene rings is 7. The average Bonchev–Trinajstić information content (AvgIpc) is 3.58. The Balaban J connectivity index is 1.36. The van der Waals surface area contributed by atoms with Crippen LogP contribution in [-0.4, -0.2) is 11.3 Å². The monoisotopic (exact) mass is 823 g/mol. The van der Waals surface area contributed by atoms with Crippen LogP contribution in [0.2, 0.25) is 0 Å². The second-order valence-electron chi connectivity index (χ2n) is 22.8. The molecule has 0 fully saturated rings. The molecule has 0 saturated heterocycles. The van der Waals surface area contributed by atoms with Crippen molar-refractivity contribution in [1.82, 2.24) is 4.57 Å². The van der Waals surface area contributed by atoms with E-state index in [4.69, 9.17) is 0 Å². The highest BCUT2D eigenvalue weighted by molar-refractivity contribution is 7.00. The summed E-state index contributed by atoms with van der Waals surface area (Å²) in [5.74, 6) is 0. The summed E-state index contributed by atoms with van der Waals surface area (Å²) in [4.78, 5) is 2.59. The summed E-state index contributed by atoms with van der Waals surface area (Å²) in [5.41, 5.74) is 20.6. The third-order valence-electron chi connectivity index (χ3n) is 14.8. The van der Waals surface area contributed by atoms with E-state index >= 15 is 0 Å². The quantitative estimate of drug-likeness (QED) is 0.157. The number of anilines is 3. The molecule has 0 unspecified atom stereocenters. The molecule has 1 aromatic heterocycles. The maximum Gasteiger partial charge on any atom is 0.252 e. The molecule has 0 aliphatic carbocycles. The zero-order valence-corrected chi connectivity index (χ0v) is 39.8. The van der Waals surface area contributed by atoms with Crippen LogP contribution < -0.4 is 21.3 Å². The van der Waals surface area contributed by atoms with Gasteiger partial charge in [0.2, 0.25) is 0 Å². The molecule has 3 heteroatoms. The van der Waals surface area contributed by atoms with Gasteiger partial charge in [-0.05, 0) is 120 Å². The Hall–Kier alpha value is -5.80. The molecule has 0 saturated carbocycles. The van der Waals surface area contributed by atoms with E-state index in [0.717, 1.165) is 0 Å². The minimum absolute atomic E-state index is 0.0224. The highest BCUT2D eigenvalue weighted by Gasteiger charge is 2.44. The summed E-state index contributed by atoms with van der Waals surface area (Å²) in [6.45, 7) is 30.7. The van der Waals surface area contributed by atoms with Crippen molar-refractivity contribution in [3.8, 4) is 5.69 Å². The second-order valence-corrected chi connectivity index (χ2v) is 22.8. The van der Waals surface area contributed by atoms with Crippen LogP contribution in [0.25, 0.3) is 27.5 Å². The molecule has 2 aliphatic rings. The van der Waals surface area contributed by atoms with Crippen LogP contribution in [0.15, 0.2) is 146 Å². The van der Waals surface area contributed by atoms with Gasteiger partial charge in [0.15, 0.2) is 0 Å². The lowest BCUT2D eigenvalue weighted by atomic mass is 9.33. The van der Waals surface area contributed by atoms with Gasteiger partial charge in [0.1, 0.15) is 0 Å². The Morgan fingerprint density at radius 1 is 0.365 bits per heavy atom. The molecule has 0 N–H and O–H groups in total. The molecule has 316 valence electrons. The molecule has 0 spiro atoms. The first-order valence-electron chi connectivity index (χ1n) is 23.1. The van der Waals surface area contributed by atoms with Crippen LogP contribution in [-0.2, 0) is 27.1 Å². The molecule has 2 aliphatic heterocycles. The zero-order valence-electron chi connectivity index (χ0n) is 39.8. The van der Waals surface area contributed by atoms with Gasteiger partial charge in [-0.2, -0.15) is 0 Å². The minimum Gasteiger partial charge on any atom is -0.311 e. The highest BCUT2D eigenvalue weighted by Crippen LogP contribution is 2.46. The number of nitrogens with zero attached hydrogens (tertiary/aromatic N) is 2. The first-order valence-corrected chi connectivity index (χ1v) is 23.1. The second kappa shape index (κ2) is 13.9. The smallest absolute Gasteiger partial charge is 0.252 e. The molecule has 7 aromatic carbocycles. The van der Waals surface area contributed by atoms with Crippen LogP contribution in [0.5, 0.6) is 0 Å².